The highest BCUT2D eigenvalue weighted by molar-refractivity contribution is 5.95. The van der Waals surface area contributed by atoms with Crippen molar-refractivity contribution >= 4 is 5.91 Å². The van der Waals surface area contributed by atoms with E-state index in [0.29, 0.717) is 5.56 Å². The number of hydrogen-bond acceptors (Lipinski definition) is 3. The topological polar surface area (TPSA) is 69.6 Å². The lowest BCUT2D eigenvalue weighted by Gasteiger charge is -2.15. The molecule has 0 saturated heterocycles. The van der Waals surface area contributed by atoms with Crippen LogP contribution in [0.5, 0.6) is 11.5 Å². The van der Waals surface area contributed by atoms with Gasteiger partial charge in [0.15, 0.2) is 11.5 Å². The normalized spacial score (nSPS) is 11.9. The average molecular weight is 271 g/mol. The molecule has 0 aliphatic rings. The van der Waals surface area contributed by atoms with Crippen LogP contribution in [0, 0.1) is 6.92 Å². The van der Waals surface area contributed by atoms with Crippen LogP contribution in [-0.2, 0) is 0 Å². The Morgan fingerprint density at radius 1 is 1.05 bits per heavy atom. The zero-order valence-corrected chi connectivity index (χ0v) is 11.4. The molecule has 0 radical (unpaired) electrons. The van der Waals surface area contributed by atoms with Crippen LogP contribution in [0.25, 0.3) is 0 Å². The molecule has 2 aromatic carbocycles. The second-order valence-electron chi connectivity index (χ2n) is 4.81. The number of amides is 1. The van der Waals surface area contributed by atoms with Crippen molar-refractivity contribution in [2.75, 3.05) is 0 Å². The van der Waals surface area contributed by atoms with Gasteiger partial charge in [-0.2, -0.15) is 0 Å². The number of hydrogen-bond donors (Lipinski definition) is 3. The third-order valence-electron chi connectivity index (χ3n) is 3.16. The maximum absolute atomic E-state index is 12.1. The monoisotopic (exact) mass is 271 g/mol. The first-order chi connectivity index (χ1) is 9.47. The fraction of sp³-hybridized carbons (Fsp3) is 0.188. The highest BCUT2D eigenvalue weighted by atomic mass is 16.3. The summed E-state index contributed by atoms with van der Waals surface area (Å²) in [4.78, 5) is 12.1. The molecular weight excluding hydrogens is 254 g/mol. The number of phenolic OH excluding ortho intramolecular Hbond substituents is 2. The summed E-state index contributed by atoms with van der Waals surface area (Å²) in [7, 11) is 0. The molecule has 1 atom stereocenters. The molecule has 4 nitrogen and oxygen atoms in total. The molecule has 0 heterocycles. The van der Waals surface area contributed by atoms with Gasteiger partial charge in [-0.15, -0.1) is 0 Å². The van der Waals surface area contributed by atoms with Gasteiger partial charge in [0, 0.05) is 5.56 Å². The molecule has 0 aliphatic carbocycles. The minimum atomic E-state index is -0.305. The Morgan fingerprint density at radius 3 is 2.30 bits per heavy atom. The Labute approximate surface area is 117 Å². The number of aryl methyl sites for hydroxylation is 1. The van der Waals surface area contributed by atoms with E-state index in [4.69, 9.17) is 0 Å². The van der Waals surface area contributed by atoms with Gasteiger partial charge in [-0.3, -0.25) is 4.79 Å². The van der Waals surface area contributed by atoms with Crippen LogP contribution in [0.15, 0.2) is 42.5 Å². The van der Waals surface area contributed by atoms with Gasteiger partial charge < -0.3 is 15.5 Å². The summed E-state index contributed by atoms with van der Waals surface area (Å²) >= 11 is 0. The smallest absolute Gasteiger partial charge is 0.251 e. The van der Waals surface area contributed by atoms with Crippen LogP contribution >= 0.6 is 0 Å². The molecule has 0 fully saturated rings. The van der Waals surface area contributed by atoms with E-state index in [1.807, 2.05) is 38.1 Å². The third kappa shape index (κ3) is 3.09. The molecule has 2 rings (SSSR count). The Balaban J connectivity index is 2.10. The molecule has 104 valence electrons. The Kier molecular flexibility index (Phi) is 3.94. The van der Waals surface area contributed by atoms with E-state index in [9.17, 15) is 15.0 Å². The van der Waals surface area contributed by atoms with Crippen molar-refractivity contribution < 1.29 is 15.0 Å². The van der Waals surface area contributed by atoms with Crippen LogP contribution in [0.2, 0.25) is 0 Å². The first-order valence-electron chi connectivity index (χ1n) is 6.37. The van der Waals surface area contributed by atoms with Crippen molar-refractivity contribution in [3.8, 4) is 11.5 Å². The van der Waals surface area contributed by atoms with Crippen LogP contribution in [0.4, 0.5) is 0 Å². The summed E-state index contributed by atoms with van der Waals surface area (Å²) < 4.78 is 0. The predicted octanol–water partition coefficient (Wildman–Crippen LogP) is 2.90. The lowest BCUT2D eigenvalue weighted by atomic mass is 10.1. The van der Waals surface area contributed by atoms with Crippen molar-refractivity contribution in [2.24, 2.45) is 0 Å². The van der Waals surface area contributed by atoms with Gasteiger partial charge in [0.05, 0.1) is 6.04 Å². The number of carbonyl (C=O) groups excluding carboxylic acids is 1. The molecule has 0 aromatic heterocycles. The Bertz CT molecular complexity index is 620. The summed E-state index contributed by atoms with van der Waals surface area (Å²) in [6, 6.07) is 11.8. The number of carbonyl (C=O) groups is 1. The molecule has 2 aromatic rings. The molecular formula is C16H17NO3. The molecule has 0 bridgehead atoms. The minimum Gasteiger partial charge on any atom is -0.504 e. The molecule has 1 amide bonds. The Morgan fingerprint density at radius 2 is 1.70 bits per heavy atom. The van der Waals surface area contributed by atoms with Gasteiger partial charge in [-0.05, 0) is 37.6 Å². The minimum absolute atomic E-state index is 0.140. The maximum Gasteiger partial charge on any atom is 0.251 e. The summed E-state index contributed by atoms with van der Waals surface area (Å²) in [6.07, 6.45) is 0. The van der Waals surface area contributed by atoms with Gasteiger partial charge >= 0.3 is 0 Å². The van der Waals surface area contributed by atoms with E-state index in [1.165, 1.54) is 18.2 Å². The molecule has 0 aliphatic heterocycles. The fourth-order valence-corrected chi connectivity index (χ4v) is 1.88. The van der Waals surface area contributed by atoms with E-state index in [2.05, 4.69) is 5.32 Å². The molecule has 3 N–H and O–H groups in total. The maximum atomic E-state index is 12.1. The van der Waals surface area contributed by atoms with Crippen molar-refractivity contribution in [1.82, 2.24) is 5.32 Å². The van der Waals surface area contributed by atoms with E-state index in [1.54, 1.807) is 0 Å². The van der Waals surface area contributed by atoms with E-state index < -0.39 is 0 Å². The quantitative estimate of drug-likeness (QED) is 0.752. The van der Waals surface area contributed by atoms with Crippen molar-refractivity contribution in [2.45, 2.75) is 19.9 Å². The molecule has 0 spiro atoms. The number of nitrogens with one attached hydrogen (secondary N) is 1. The number of benzene rings is 2. The zero-order valence-electron chi connectivity index (χ0n) is 11.4. The second kappa shape index (κ2) is 5.65. The van der Waals surface area contributed by atoms with Gasteiger partial charge in [-0.25, -0.2) is 0 Å². The zero-order chi connectivity index (χ0) is 14.7. The molecule has 0 saturated carbocycles. The Hall–Kier alpha value is -2.49. The van der Waals surface area contributed by atoms with E-state index >= 15 is 0 Å². The average Bonchev–Trinajstić information content (AvgIpc) is 2.42. The third-order valence-corrected chi connectivity index (χ3v) is 3.16. The second-order valence-corrected chi connectivity index (χ2v) is 4.81. The standard InChI is InChI=1S/C16H17NO3/c1-10-3-5-12(6-4-10)11(2)17-16(20)13-7-8-14(18)15(19)9-13/h3-9,11,18-19H,1-2H3,(H,17,20). The first kappa shape index (κ1) is 13.9. The van der Waals surface area contributed by atoms with Gasteiger partial charge in [0.25, 0.3) is 5.91 Å². The number of phenols is 2. The van der Waals surface area contributed by atoms with E-state index in [0.717, 1.165) is 11.1 Å². The molecule has 20 heavy (non-hydrogen) atoms. The predicted molar refractivity (Wildman–Crippen MR) is 76.8 cm³/mol. The van der Waals surface area contributed by atoms with Crippen molar-refractivity contribution in [3.05, 3.63) is 59.2 Å². The van der Waals surface area contributed by atoms with Crippen molar-refractivity contribution in [3.63, 3.8) is 0 Å². The first-order valence-corrected chi connectivity index (χ1v) is 6.37. The van der Waals surface area contributed by atoms with Crippen LogP contribution in [0.1, 0.15) is 34.5 Å². The van der Waals surface area contributed by atoms with Gasteiger partial charge in [0.2, 0.25) is 0 Å². The SMILES string of the molecule is Cc1ccc(C(C)NC(=O)c2ccc(O)c(O)c2)cc1. The summed E-state index contributed by atoms with van der Waals surface area (Å²) in [5.41, 5.74) is 2.47. The summed E-state index contributed by atoms with van der Waals surface area (Å²) in [5, 5.41) is 21.5. The largest absolute Gasteiger partial charge is 0.504 e. The lowest BCUT2D eigenvalue weighted by molar-refractivity contribution is 0.0939. The highest BCUT2D eigenvalue weighted by Crippen LogP contribution is 2.25. The number of rotatable bonds is 3. The molecule has 1 unspecified atom stereocenters. The van der Waals surface area contributed by atoms with Crippen LogP contribution in [0.3, 0.4) is 0 Å². The van der Waals surface area contributed by atoms with E-state index in [-0.39, 0.29) is 23.4 Å². The fourth-order valence-electron chi connectivity index (χ4n) is 1.88. The van der Waals surface area contributed by atoms with Crippen molar-refractivity contribution in [1.29, 1.82) is 0 Å². The van der Waals surface area contributed by atoms with Crippen LogP contribution < -0.4 is 5.32 Å². The van der Waals surface area contributed by atoms with Gasteiger partial charge in [-0.1, -0.05) is 29.8 Å². The lowest BCUT2D eigenvalue weighted by Crippen LogP contribution is -2.26. The highest BCUT2D eigenvalue weighted by Gasteiger charge is 2.12. The number of aromatic hydroxyl groups is 2. The molecule has 4 heteroatoms. The summed E-state index contributed by atoms with van der Waals surface area (Å²) in [5.74, 6) is -0.845. The summed E-state index contributed by atoms with van der Waals surface area (Å²) in [6.45, 7) is 3.90. The van der Waals surface area contributed by atoms with Gasteiger partial charge in [0.1, 0.15) is 0 Å². The van der Waals surface area contributed by atoms with Crippen LogP contribution in [-0.4, -0.2) is 16.1 Å².